The van der Waals surface area contributed by atoms with Crippen LogP contribution in [0.2, 0.25) is 0 Å². The Balaban J connectivity index is 1.22. The number of allylic oxidation sites excluding steroid dienone is 5. The van der Waals surface area contributed by atoms with Crippen LogP contribution in [0.15, 0.2) is 89.3 Å². The minimum atomic E-state index is -0.765. The molecule has 352 valence electrons. The number of aliphatic hydroxyl groups is 2. The van der Waals surface area contributed by atoms with Gasteiger partial charge in [-0.15, -0.1) is 5.76 Å². The number of aromatic hydroxyl groups is 2. The number of fused-ring (bicyclic) bond motifs is 9. The van der Waals surface area contributed by atoms with Gasteiger partial charge in [0.25, 0.3) is 0 Å². The van der Waals surface area contributed by atoms with E-state index in [4.69, 9.17) is 16.2 Å². The first-order valence-electron chi connectivity index (χ1n) is 23.8. The number of hydrogen-bond acceptors (Lipinski definition) is 12. The lowest BCUT2D eigenvalue weighted by atomic mass is 9.76. The highest BCUT2D eigenvalue weighted by Gasteiger charge is 2.37. The van der Waals surface area contributed by atoms with Crippen molar-refractivity contribution in [3.63, 3.8) is 0 Å². The molecule has 1 saturated carbocycles. The number of carbonyl (C=O) groups is 1. The highest BCUT2D eigenvalue weighted by molar-refractivity contribution is 8.76. The molecular formula is C54H66N3O7S2-. The maximum absolute atomic E-state index is 14.2. The number of ether oxygens (including phenoxy) is 1. The maximum atomic E-state index is 14.2. The van der Waals surface area contributed by atoms with Crippen LogP contribution in [0.5, 0.6) is 17.2 Å². The van der Waals surface area contributed by atoms with Crippen LogP contribution in [-0.4, -0.2) is 57.0 Å². The van der Waals surface area contributed by atoms with E-state index in [2.05, 4.69) is 35.9 Å². The topological polar surface area (TPSA) is 195 Å². The van der Waals surface area contributed by atoms with Crippen molar-refractivity contribution in [2.45, 2.75) is 127 Å². The molecule has 0 aromatic heterocycles. The highest BCUT2D eigenvalue weighted by Crippen LogP contribution is 2.50. The molecule has 2 aliphatic carbocycles. The summed E-state index contributed by atoms with van der Waals surface area (Å²) in [7, 11) is 3.58. The minimum Gasteiger partial charge on any atom is -0.875 e. The van der Waals surface area contributed by atoms with Crippen molar-refractivity contribution < 1.29 is 35.1 Å². The zero-order valence-corrected chi connectivity index (χ0v) is 39.8. The zero-order valence-electron chi connectivity index (χ0n) is 38.2. The van der Waals surface area contributed by atoms with Gasteiger partial charge in [-0.25, -0.2) is 0 Å². The number of benzene rings is 3. The molecule has 8 N–H and O–H groups in total. The Hall–Kier alpha value is -4.48. The molecule has 4 aliphatic rings. The summed E-state index contributed by atoms with van der Waals surface area (Å²) in [5.41, 5.74) is 19.6. The average Bonchev–Trinajstić information content (AvgIpc) is 3.96. The second-order valence-electron chi connectivity index (χ2n) is 18.7. The molecular weight excluding hydrogens is 867 g/mol. The van der Waals surface area contributed by atoms with Gasteiger partial charge >= 0.3 is 0 Å². The molecule has 5 unspecified atom stereocenters. The predicted octanol–water partition coefficient (Wildman–Crippen LogP) is 8.95. The fourth-order valence-corrected chi connectivity index (χ4v) is 12.6. The Kier molecular flexibility index (Phi) is 17.6. The number of carbonyl (C=O) groups excluding carboxylic acids is 1. The third-order valence-electron chi connectivity index (χ3n) is 13.8. The Labute approximate surface area is 398 Å². The number of aliphatic hydroxyl groups excluding tert-OH is 2. The van der Waals surface area contributed by atoms with Crippen LogP contribution in [-0.2, 0) is 23.4 Å². The molecule has 0 spiro atoms. The van der Waals surface area contributed by atoms with E-state index >= 15 is 0 Å². The lowest BCUT2D eigenvalue weighted by molar-refractivity contribution is -0.307. The fraction of sp³-hybridized carbons (Fsp3) is 0.481. The number of phenols is 2. The summed E-state index contributed by atoms with van der Waals surface area (Å²) in [5.74, 6) is 8.72. The van der Waals surface area contributed by atoms with E-state index in [0.717, 1.165) is 91.4 Å². The van der Waals surface area contributed by atoms with Crippen LogP contribution in [0.25, 0.3) is 0 Å². The summed E-state index contributed by atoms with van der Waals surface area (Å²) in [6, 6.07) is 14.7. The van der Waals surface area contributed by atoms with Gasteiger partial charge in [-0.1, -0.05) is 96.4 Å². The van der Waals surface area contributed by atoms with E-state index in [1.165, 1.54) is 0 Å². The predicted molar refractivity (Wildman–Crippen MR) is 265 cm³/mol. The Morgan fingerprint density at radius 3 is 2.61 bits per heavy atom. The van der Waals surface area contributed by atoms with E-state index in [9.17, 15) is 30.3 Å². The van der Waals surface area contributed by atoms with E-state index in [1.807, 2.05) is 35.1 Å². The van der Waals surface area contributed by atoms with E-state index in [-0.39, 0.29) is 48.1 Å². The van der Waals surface area contributed by atoms with Crippen LogP contribution in [0.1, 0.15) is 141 Å². The number of aryl methyl sites for hydroxylation is 1. The van der Waals surface area contributed by atoms with Crippen LogP contribution >= 0.6 is 21.6 Å². The van der Waals surface area contributed by atoms with E-state index in [1.54, 1.807) is 47.3 Å². The normalized spacial score (nSPS) is 22.3. The number of ketones is 1. The number of unbranched alkanes of at least 4 members (excludes halogenated alkanes) is 2. The quantitative estimate of drug-likeness (QED) is 0.0465. The smallest absolute Gasteiger partial charge is 0.161 e. The van der Waals surface area contributed by atoms with Gasteiger partial charge in [-0.3, -0.25) is 9.79 Å². The second-order valence-corrected chi connectivity index (χ2v) is 21.2. The molecule has 1 fully saturated rings. The SMILES string of the molecule is CCCCCC(CCC12C=CC(=O)CCc3ccc(O)c(c3)OCCc3ccc(O)c(c3)C3CC([O-])=C4C=CN=C4CC#Cc4cc(C(N)N)c(cc43)CSSCC(CC1)C2)CC(O)CO. The van der Waals surface area contributed by atoms with Crippen molar-refractivity contribution in [2.24, 2.45) is 33.7 Å². The Morgan fingerprint density at radius 1 is 0.985 bits per heavy atom. The first kappa shape index (κ1) is 49.4. The van der Waals surface area contributed by atoms with Gasteiger partial charge in [0.1, 0.15) is 5.75 Å². The van der Waals surface area contributed by atoms with Crippen LogP contribution < -0.4 is 21.3 Å². The van der Waals surface area contributed by atoms with Crippen LogP contribution in [0.3, 0.4) is 0 Å². The Morgan fingerprint density at radius 2 is 1.80 bits per heavy atom. The Bertz CT molecular complexity index is 2380. The molecule has 5 atom stereocenters. The molecule has 3 aromatic rings. The standard InChI is InChI=1S/C54H67N3O7S2/c1-2-3-4-6-35(25-42(60)32-58)15-20-54-21-16-38(31-54)33-65-66-34-40-29-44-39(28-45(40)53(55)56)7-5-8-48-43(18-23-57-48)51(63)30-46(44)47-26-37(10-13-49(47)61)19-24-64-52-27-36(11-14-50(52)62)9-12-41(59)17-22-54/h10-11,13-14,17-18,22-23,26-29,35,38,42,46,53,58,60-63H,2-4,6,8-9,12,15-16,19-21,24-25,30-34,55-56H2,1H3/p-1. The average molecular weight is 933 g/mol. The van der Waals surface area contributed by atoms with Gasteiger partial charge in [0, 0.05) is 47.6 Å². The van der Waals surface area contributed by atoms with Crippen molar-refractivity contribution in [3.05, 3.63) is 123 Å². The summed E-state index contributed by atoms with van der Waals surface area (Å²) >= 11 is 0. The number of hydrogen-bond donors (Lipinski definition) is 6. The van der Waals surface area contributed by atoms with Crippen LogP contribution in [0, 0.1) is 29.1 Å². The van der Waals surface area contributed by atoms with E-state index < -0.39 is 18.2 Å². The van der Waals surface area contributed by atoms with Crippen molar-refractivity contribution >= 4 is 33.1 Å². The summed E-state index contributed by atoms with van der Waals surface area (Å²) in [6.45, 7) is 2.19. The molecule has 0 amide bonds. The molecule has 0 radical (unpaired) electrons. The van der Waals surface area contributed by atoms with Crippen molar-refractivity contribution in [2.75, 3.05) is 19.0 Å². The van der Waals surface area contributed by atoms with Gasteiger partial charge < -0.3 is 41.7 Å². The maximum Gasteiger partial charge on any atom is 0.161 e. The van der Waals surface area contributed by atoms with E-state index in [0.29, 0.717) is 77.9 Å². The van der Waals surface area contributed by atoms with Crippen molar-refractivity contribution in [1.82, 2.24) is 0 Å². The van der Waals surface area contributed by atoms with Crippen LogP contribution in [0.4, 0.5) is 0 Å². The number of nitrogens with two attached hydrogens (primary N) is 2. The van der Waals surface area contributed by atoms with Gasteiger partial charge in [-0.2, -0.15) is 0 Å². The van der Waals surface area contributed by atoms with Gasteiger partial charge in [0.2, 0.25) is 0 Å². The summed E-state index contributed by atoms with van der Waals surface area (Å²) in [5, 5.41) is 56.7. The van der Waals surface area contributed by atoms with Gasteiger partial charge in [-0.05, 0) is 138 Å². The molecule has 2 aliphatic heterocycles. The summed E-state index contributed by atoms with van der Waals surface area (Å²) < 4.78 is 6.16. The molecule has 2 heterocycles. The summed E-state index contributed by atoms with van der Waals surface area (Å²) in [4.78, 5) is 18.0. The summed E-state index contributed by atoms with van der Waals surface area (Å²) in [6.07, 6.45) is 17.3. The molecule has 10 nitrogen and oxygen atoms in total. The fourth-order valence-electron chi connectivity index (χ4n) is 10.1. The van der Waals surface area contributed by atoms with Gasteiger partial charge in [0.05, 0.1) is 37.6 Å². The minimum absolute atomic E-state index is 0.00811. The molecule has 7 rings (SSSR count). The lowest BCUT2D eigenvalue weighted by Gasteiger charge is -2.29. The first-order valence-corrected chi connectivity index (χ1v) is 26.2. The third kappa shape index (κ3) is 12.9. The number of phenolic OH excluding ortho intramolecular Hbond substituents is 2. The molecule has 66 heavy (non-hydrogen) atoms. The molecule has 3 aromatic carbocycles. The van der Waals surface area contributed by atoms with Crippen molar-refractivity contribution in [1.29, 1.82) is 0 Å². The first-order chi connectivity index (χ1) is 31.9. The van der Waals surface area contributed by atoms with Crippen molar-refractivity contribution in [3.8, 4) is 29.1 Å². The third-order valence-corrected chi connectivity index (χ3v) is 16.3. The largest absolute Gasteiger partial charge is 0.875 e. The molecule has 8 bridgehead atoms. The second kappa shape index (κ2) is 23.5. The lowest BCUT2D eigenvalue weighted by Crippen LogP contribution is -2.23. The van der Waals surface area contributed by atoms with Gasteiger partial charge in [0.15, 0.2) is 17.3 Å². The monoisotopic (exact) mass is 932 g/mol. The number of aliphatic imine (C=N–C) groups is 1. The molecule has 12 heteroatoms. The number of rotatable bonds is 11. The number of nitrogens with zero attached hydrogens (tertiary/aromatic N) is 1. The highest BCUT2D eigenvalue weighted by atomic mass is 33.1. The zero-order chi connectivity index (χ0) is 46.6. The molecule has 0 saturated heterocycles.